The van der Waals surface area contributed by atoms with Crippen molar-refractivity contribution in [3.8, 4) is 0 Å². The van der Waals surface area contributed by atoms with Crippen LogP contribution in [0.1, 0.15) is 45.7 Å². The Labute approximate surface area is 126 Å². The van der Waals surface area contributed by atoms with Crippen molar-refractivity contribution in [3.63, 3.8) is 0 Å². The summed E-state index contributed by atoms with van der Waals surface area (Å²) in [7, 11) is 0. The second-order valence-electron chi connectivity index (χ2n) is 6.50. The Morgan fingerprint density at radius 2 is 1.95 bits per heavy atom. The molecule has 1 nitrogen and oxygen atoms in total. The zero-order valence-corrected chi connectivity index (χ0v) is 14.6. The Hall–Kier alpha value is -0.600. The lowest BCUT2D eigenvalue weighted by molar-refractivity contribution is 0.437. The predicted octanol–water partition coefficient (Wildman–Crippen LogP) is 5.19. The monoisotopic (exact) mass is 323 g/mol. The van der Waals surface area contributed by atoms with Crippen molar-refractivity contribution in [3.05, 3.63) is 39.4 Å². The minimum Gasteiger partial charge on any atom is -0.308 e. The molecule has 0 spiro atoms. The van der Waals surface area contributed by atoms with Crippen molar-refractivity contribution in [2.75, 3.05) is 6.54 Å². The summed E-state index contributed by atoms with van der Waals surface area (Å²) in [6.45, 7) is 14.1. The third-order valence-electron chi connectivity index (χ3n) is 3.06. The highest BCUT2D eigenvalue weighted by Crippen LogP contribution is 2.23. The fraction of sp³-hybridized carbons (Fsp3) is 0.529. The average Bonchev–Trinajstić information content (AvgIpc) is 2.24. The van der Waals surface area contributed by atoms with Gasteiger partial charge in [-0.1, -0.05) is 53.6 Å². The van der Waals surface area contributed by atoms with Crippen LogP contribution >= 0.6 is 15.9 Å². The molecule has 0 aromatic heterocycles. The summed E-state index contributed by atoms with van der Waals surface area (Å²) >= 11 is 3.65. The van der Waals surface area contributed by atoms with Crippen molar-refractivity contribution in [1.29, 1.82) is 0 Å². The Morgan fingerprint density at radius 1 is 1.32 bits per heavy atom. The Kier molecular flexibility index (Phi) is 5.82. The van der Waals surface area contributed by atoms with Crippen LogP contribution in [0.3, 0.4) is 0 Å². The predicted molar refractivity (Wildman–Crippen MR) is 89.4 cm³/mol. The van der Waals surface area contributed by atoms with Crippen LogP contribution in [0, 0.1) is 12.8 Å². The van der Waals surface area contributed by atoms with E-state index in [1.807, 2.05) is 0 Å². The second kappa shape index (κ2) is 6.71. The number of halogens is 1. The number of hydrogen-bond donors (Lipinski definition) is 1. The molecule has 0 aliphatic heterocycles. The molecule has 0 amide bonds. The lowest BCUT2D eigenvalue weighted by Crippen LogP contribution is -2.37. The van der Waals surface area contributed by atoms with Crippen LogP contribution in [-0.2, 0) is 0 Å². The molecule has 0 saturated heterocycles. The Bertz CT molecular complexity index is 453. The third kappa shape index (κ3) is 5.92. The van der Waals surface area contributed by atoms with E-state index in [1.54, 1.807) is 0 Å². The molecular formula is C17H26BrN. The standard InChI is InChI=1S/C17H26BrN/c1-12(2)15(11-19-17(4,5)6)10-14-8-7-13(3)9-16(14)18/h7-10,12,19H,11H2,1-6H3/b15-10+. The second-order valence-corrected chi connectivity index (χ2v) is 7.36. The van der Waals surface area contributed by atoms with Gasteiger partial charge < -0.3 is 5.32 Å². The highest BCUT2D eigenvalue weighted by atomic mass is 79.9. The third-order valence-corrected chi connectivity index (χ3v) is 3.75. The summed E-state index contributed by atoms with van der Waals surface area (Å²) in [6.07, 6.45) is 2.30. The van der Waals surface area contributed by atoms with Gasteiger partial charge in [-0.05, 0) is 50.8 Å². The summed E-state index contributed by atoms with van der Waals surface area (Å²) in [6, 6.07) is 6.51. The first-order valence-electron chi connectivity index (χ1n) is 6.90. The number of nitrogens with one attached hydrogen (secondary N) is 1. The SMILES string of the molecule is Cc1ccc(/C=C(\CNC(C)(C)C)C(C)C)c(Br)c1. The largest absolute Gasteiger partial charge is 0.308 e. The highest BCUT2D eigenvalue weighted by Gasteiger charge is 2.11. The van der Waals surface area contributed by atoms with Crippen LogP contribution in [0.2, 0.25) is 0 Å². The van der Waals surface area contributed by atoms with Crippen LogP contribution in [0.4, 0.5) is 0 Å². The molecule has 0 saturated carbocycles. The van der Waals surface area contributed by atoms with Crippen molar-refractivity contribution >= 4 is 22.0 Å². The van der Waals surface area contributed by atoms with E-state index in [1.165, 1.54) is 21.2 Å². The molecular weight excluding hydrogens is 298 g/mol. The van der Waals surface area contributed by atoms with E-state index < -0.39 is 0 Å². The first-order chi connectivity index (χ1) is 8.69. The number of rotatable bonds is 4. The normalized spacial score (nSPS) is 13.2. The van der Waals surface area contributed by atoms with E-state index in [2.05, 4.69) is 87.1 Å². The van der Waals surface area contributed by atoms with Gasteiger partial charge in [-0.2, -0.15) is 0 Å². The van der Waals surface area contributed by atoms with E-state index in [0.717, 1.165) is 6.54 Å². The summed E-state index contributed by atoms with van der Waals surface area (Å²) in [5.74, 6) is 0.544. The van der Waals surface area contributed by atoms with Gasteiger partial charge in [0.15, 0.2) is 0 Å². The molecule has 0 aliphatic carbocycles. The molecule has 0 radical (unpaired) electrons. The molecule has 0 aliphatic rings. The van der Waals surface area contributed by atoms with Crippen LogP contribution in [0.25, 0.3) is 6.08 Å². The van der Waals surface area contributed by atoms with Crippen molar-refractivity contribution < 1.29 is 0 Å². The molecule has 1 rings (SSSR count). The van der Waals surface area contributed by atoms with E-state index in [-0.39, 0.29) is 5.54 Å². The van der Waals surface area contributed by atoms with Crippen LogP contribution in [-0.4, -0.2) is 12.1 Å². The van der Waals surface area contributed by atoms with Crippen LogP contribution < -0.4 is 5.32 Å². The maximum Gasteiger partial charge on any atom is 0.0250 e. The van der Waals surface area contributed by atoms with Crippen molar-refractivity contribution in [2.24, 2.45) is 5.92 Å². The van der Waals surface area contributed by atoms with Gasteiger partial charge in [-0.15, -0.1) is 0 Å². The highest BCUT2D eigenvalue weighted by molar-refractivity contribution is 9.10. The molecule has 106 valence electrons. The Morgan fingerprint density at radius 3 is 2.42 bits per heavy atom. The minimum absolute atomic E-state index is 0.151. The topological polar surface area (TPSA) is 12.0 Å². The fourth-order valence-corrected chi connectivity index (χ4v) is 2.35. The van der Waals surface area contributed by atoms with Gasteiger partial charge >= 0.3 is 0 Å². The Balaban J connectivity index is 2.95. The lowest BCUT2D eigenvalue weighted by Gasteiger charge is -2.23. The maximum atomic E-state index is 3.65. The van der Waals surface area contributed by atoms with Gasteiger partial charge in [-0.3, -0.25) is 0 Å². The summed E-state index contributed by atoms with van der Waals surface area (Å²) in [5.41, 5.74) is 4.12. The van der Waals surface area contributed by atoms with Crippen LogP contribution in [0.5, 0.6) is 0 Å². The molecule has 0 bridgehead atoms. The minimum atomic E-state index is 0.151. The quantitative estimate of drug-likeness (QED) is 0.804. The van der Waals surface area contributed by atoms with Gasteiger partial charge in [-0.25, -0.2) is 0 Å². The summed E-state index contributed by atoms with van der Waals surface area (Å²) in [4.78, 5) is 0. The summed E-state index contributed by atoms with van der Waals surface area (Å²) in [5, 5.41) is 3.57. The fourth-order valence-electron chi connectivity index (χ4n) is 1.74. The molecule has 0 heterocycles. The first-order valence-corrected chi connectivity index (χ1v) is 7.70. The van der Waals surface area contributed by atoms with Crippen LogP contribution in [0.15, 0.2) is 28.2 Å². The average molecular weight is 324 g/mol. The lowest BCUT2D eigenvalue weighted by atomic mass is 9.98. The molecule has 1 N–H and O–H groups in total. The zero-order valence-electron chi connectivity index (χ0n) is 13.0. The molecule has 2 heteroatoms. The zero-order chi connectivity index (χ0) is 14.6. The van der Waals surface area contributed by atoms with Gasteiger partial charge in [0.25, 0.3) is 0 Å². The van der Waals surface area contributed by atoms with E-state index in [0.29, 0.717) is 5.92 Å². The number of benzene rings is 1. The number of hydrogen-bond acceptors (Lipinski definition) is 1. The maximum absolute atomic E-state index is 3.65. The van der Waals surface area contributed by atoms with Crippen molar-refractivity contribution in [2.45, 2.75) is 47.1 Å². The molecule has 1 aromatic carbocycles. The molecule has 19 heavy (non-hydrogen) atoms. The summed E-state index contributed by atoms with van der Waals surface area (Å²) < 4.78 is 1.17. The molecule has 0 atom stereocenters. The molecule has 0 unspecified atom stereocenters. The van der Waals surface area contributed by atoms with Gasteiger partial charge in [0.2, 0.25) is 0 Å². The van der Waals surface area contributed by atoms with Gasteiger partial charge in [0.1, 0.15) is 0 Å². The molecule has 0 fully saturated rings. The van der Waals surface area contributed by atoms with E-state index >= 15 is 0 Å². The number of aryl methyl sites for hydroxylation is 1. The first kappa shape index (κ1) is 16.5. The van der Waals surface area contributed by atoms with Gasteiger partial charge in [0, 0.05) is 16.6 Å². The van der Waals surface area contributed by atoms with E-state index in [4.69, 9.17) is 0 Å². The van der Waals surface area contributed by atoms with Crippen molar-refractivity contribution in [1.82, 2.24) is 5.32 Å². The van der Waals surface area contributed by atoms with Gasteiger partial charge in [0.05, 0.1) is 0 Å². The smallest absolute Gasteiger partial charge is 0.0250 e. The molecule has 1 aromatic rings. The van der Waals surface area contributed by atoms with E-state index in [9.17, 15) is 0 Å².